The van der Waals surface area contributed by atoms with Crippen molar-refractivity contribution in [2.45, 2.75) is 19.9 Å². The SMILES string of the molecule is Cc1nn(C)cc1[C@H](C)Nc1ccc(C(=O)Nc2ccccc2)nn1. The van der Waals surface area contributed by atoms with E-state index in [0.29, 0.717) is 5.82 Å². The number of aromatic nitrogens is 4. The number of carbonyl (C=O) groups is 1. The van der Waals surface area contributed by atoms with Crippen molar-refractivity contribution in [3.05, 3.63) is 65.6 Å². The molecule has 0 bridgehead atoms. The van der Waals surface area contributed by atoms with Crippen molar-refractivity contribution in [3.63, 3.8) is 0 Å². The van der Waals surface area contributed by atoms with E-state index in [9.17, 15) is 4.79 Å². The Balaban J connectivity index is 1.65. The Bertz CT molecular complexity index is 857. The van der Waals surface area contributed by atoms with E-state index in [1.54, 1.807) is 16.8 Å². The van der Waals surface area contributed by atoms with Crippen LogP contribution in [-0.2, 0) is 7.05 Å². The molecule has 0 saturated carbocycles. The number of aryl methyl sites for hydroxylation is 2. The van der Waals surface area contributed by atoms with Gasteiger partial charge in [-0.05, 0) is 38.1 Å². The fraction of sp³-hybridized carbons (Fsp3) is 0.222. The fourth-order valence-corrected chi connectivity index (χ4v) is 2.59. The monoisotopic (exact) mass is 336 g/mol. The molecule has 7 nitrogen and oxygen atoms in total. The Morgan fingerprint density at radius 1 is 1.12 bits per heavy atom. The number of amides is 1. The van der Waals surface area contributed by atoms with Crippen LogP contribution in [0.2, 0.25) is 0 Å². The van der Waals surface area contributed by atoms with Crippen molar-refractivity contribution in [2.75, 3.05) is 10.6 Å². The van der Waals surface area contributed by atoms with Crippen molar-refractivity contribution in [1.29, 1.82) is 0 Å². The van der Waals surface area contributed by atoms with Gasteiger partial charge in [0, 0.05) is 24.5 Å². The molecule has 0 aliphatic carbocycles. The number of benzene rings is 1. The molecule has 1 aromatic carbocycles. The van der Waals surface area contributed by atoms with Crippen LogP contribution in [-0.4, -0.2) is 25.9 Å². The molecule has 128 valence electrons. The van der Waals surface area contributed by atoms with Crippen molar-refractivity contribution in [3.8, 4) is 0 Å². The first-order valence-electron chi connectivity index (χ1n) is 8.00. The molecule has 2 heterocycles. The van der Waals surface area contributed by atoms with Crippen LogP contribution in [0.3, 0.4) is 0 Å². The van der Waals surface area contributed by atoms with E-state index >= 15 is 0 Å². The summed E-state index contributed by atoms with van der Waals surface area (Å²) < 4.78 is 1.78. The molecule has 0 aliphatic heterocycles. The van der Waals surface area contributed by atoms with Gasteiger partial charge in [-0.25, -0.2) is 0 Å². The second-order valence-corrected chi connectivity index (χ2v) is 5.83. The molecule has 0 fully saturated rings. The zero-order chi connectivity index (χ0) is 17.8. The van der Waals surface area contributed by atoms with Gasteiger partial charge in [-0.2, -0.15) is 5.10 Å². The van der Waals surface area contributed by atoms with Crippen LogP contribution in [0.1, 0.15) is 34.7 Å². The average molecular weight is 336 g/mol. The van der Waals surface area contributed by atoms with Crippen LogP contribution >= 0.6 is 0 Å². The van der Waals surface area contributed by atoms with Crippen LogP contribution in [0.25, 0.3) is 0 Å². The maximum atomic E-state index is 12.2. The highest BCUT2D eigenvalue weighted by molar-refractivity contribution is 6.02. The first-order chi connectivity index (χ1) is 12.0. The number of nitrogens with zero attached hydrogens (tertiary/aromatic N) is 4. The Morgan fingerprint density at radius 2 is 1.88 bits per heavy atom. The zero-order valence-corrected chi connectivity index (χ0v) is 14.4. The first kappa shape index (κ1) is 16.6. The molecule has 2 aromatic heterocycles. The predicted octanol–water partition coefficient (Wildman–Crippen LogP) is 2.94. The topological polar surface area (TPSA) is 84.7 Å². The van der Waals surface area contributed by atoms with Crippen LogP contribution in [0.15, 0.2) is 48.7 Å². The Kier molecular flexibility index (Phi) is 4.74. The number of nitrogens with one attached hydrogen (secondary N) is 2. The largest absolute Gasteiger partial charge is 0.362 e. The van der Waals surface area contributed by atoms with E-state index in [-0.39, 0.29) is 17.6 Å². The maximum absolute atomic E-state index is 12.2. The van der Waals surface area contributed by atoms with E-state index < -0.39 is 0 Å². The minimum Gasteiger partial charge on any atom is -0.362 e. The quantitative estimate of drug-likeness (QED) is 0.748. The lowest BCUT2D eigenvalue weighted by molar-refractivity contribution is 0.102. The lowest BCUT2D eigenvalue weighted by atomic mass is 10.1. The lowest BCUT2D eigenvalue weighted by Crippen LogP contribution is -2.15. The number of carbonyl (C=O) groups excluding carboxylic acids is 1. The highest BCUT2D eigenvalue weighted by Crippen LogP contribution is 2.20. The van der Waals surface area contributed by atoms with Gasteiger partial charge in [0.05, 0.1) is 11.7 Å². The van der Waals surface area contributed by atoms with E-state index in [0.717, 1.165) is 16.9 Å². The highest BCUT2D eigenvalue weighted by Gasteiger charge is 2.13. The maximum Gasteiger partial charge on any atom is 0.276 e. The van der Waals surface area contributed by atoms with E-state index in [1.165, 1.54) is 0 Å². The van der Waals surface area contributed by atoms with Gasteiger partial charge < -0.3 is 10.6 Å². The molecule has 0 radical (unpaired) electrons. The minimum absolute atomic E-state index is 0.0343. The molecule has 0 aliphatic rings. The molecule has 2 N–H and O–H groups in total. The van der Waals surface area contributed by atoms with E-state index in [1.807, 2.05) is 57.4 Å². The molecule has 1 atom stereocenters. The summed E-state index contributed by atoms with van der Waals surface area (Å²) in [6.07, 6.45) is 1.97. The Morgan fingerprint density at radius 3 is 2.48 bits per heavy atom. The van der Waals surface area contributed by atoms with Crippen LogP contribution in [0, 0.1) is 6.92 Å². The molecule has 0 unspecified atom stereocenters. The van der Waals surface area contributed by atoms with Crippen molar-refractivity contribution in [1.82, 2.24) is 20.0 Å². The molecule has 1 amide bonds. The van der Waals surface area contributed by atoms with Gasteiger partial charge >= 0.3 is 0 Å². The number of hydrogen-bond acceptors (Lipinski definition) is 5. The van der Waals surface area contributed by atoms with Crippen LogP contribution in [0.5, 0.6) is 0 Å². The zero-order valence-electron chi connectivity index (χ0n) is 14.4. The highest BCUT2D eigenvalue weighted by atomic mass is 16.1. The van der Waals surface area contributed by atoms with Gasteiger partial charge in [-0.15, -0.1) is 10.2 Å². The van der Waals surface area contributed by atoms with Gasteiger partial charge in [0.2, 0.25) is 0 Å². The molecule has 25 heavy (non-hydrogen) atoms. The predicted molar refractivity (Wildman–Crippen MR) is 96.4 cm³/mol. The van der Waals surface area contributed by atoms with Crippen molar-refractivity contribution in [2.24, 2.45) is 7.05 Å². The standard InChI is InChI=1S/C18H20N6O/c1-12(15-11-24(3)23-13(15)2)19-17-10-9-16(21-22-17)18(25)20-14-7-5-4-6-8-14/h4-12H,1-3H3,(H,19,22)(H,20,25)/t12-/m0/s1. The summed E-state index contributed by atoms with van der Waals surface area (Å²) in [5.74, 6) is 0.313. The number of anilines is 2. The van der Waals surface area contributed by atoms with Crippen LogP contribution < -0.4 is 10.6 Å². The van der Waals surface area contributed by atoms with E-state index in [2.05, 4.69) is 25.9 Å². The summed E-state index contributed by atoms with van der Waals surface area (Å²) in [4.78, 5) is 12.2. The average Bonchev–Trinajstić information content (AvgIpc) is 2.95. The second kappa shape index (κ2) is 7.12. The third kappa shape index (κ3) is 4.00. The Hall–Kier alpha value is -3.22. The summed E-state index contributed by atoms with van der Waals surface area (Å²) >= 11 is 0. The molecular formula is C18H20N6O. The summed E-state index contributed by atoms with van der Waals surface area (Å²) in [5, 5.41) is 18.5. The third-order valence-electron chi connectivity index (χ3n) is 3.81. The van der Waals surface area contributed by atoms with Crippen molar-refractivity contribution < 1.29 is 4.79 Å². The summed E-state index contributed by atoms with van der Waals surface area (Å²) in [5.41, 5.74) is 3.04. The smallest absolute Gasteiger partial charge is 0.276 e. The van der Waals surface area contributed by atoms with Gasteiger partial charge in [0.25, 0.3) is 5.91 Å². The molecule has 0 spiro atoms. The molecule has 3 aromatic rings. The van der Waals surface area contributed by atoms with Gasteiger partial charge in [0.15, 0.2) is 5.69 Å². The molecule has 3 rings (SSSR count). The normalized spacial score (nSPS) is 11.8. The second-order valence-electron chi connectivity index (χ2n) is 5.83. The number of hydrogen-bond donors (Lipinski definition) is 2. The van der Waals surface area contributed by atoms with Crippen molar-refractivity contribution >= 4 is 17.4 Å². The molecule has 0 saturated heterocycles. The van der Waals surface area contributed by atoms with Gasteiger partial charge in [-0.3, -0.25) is 9.48 Å². The summed E-state index contributed by atoms with van der Waals surface area (Å²) in [6.45, 7) is 4.00. The third-order valence-corrected chi connectivity index (χ3v) is 3.81. The van der Waals surface area contributed by atoms with E-state index in [4.69, 9.17) is 0 Å². The fourth-order valence-electron chi connectivity index (χ4n) is 2.59. The van der Waals surface area contributed by atoms with Gasteiger partial charge in [-0.1, -0.05) is 18.2 Å². The lowest BCUT2D eigenvalue weighted by Gasteiger charge is -2.13. The Labute approximate surface area is 146 Å². The molecule has 7 heteroatoms. The summed E-state index contributed by atoms with van der Waals surface area (Å²) in [6, 6.07) is 12.7. The minimum atomic E-state index is -0.290. The number of para-hydroxylation sites is 1. The first-order valence-corrected chi connectivity index (χ1v) is 8.00. The van der Waals surface area contributed by atoms with Gasteiger partial charge in [0.1, 0.15) is 5.82 Å². The summed E-state index contributed by atoms with van der Waals surface area (Å²) in [7, 11) is 1.89. The van der Waals surface area contributed by atoms with Crippen LogP contribution in [0.4, 0.5) is 11.5 Å². The molecular weight excluding hydrogens is 316 g/mol. The number of rotatable bonds is 5.